The molecule has 0 amide bonds. The maximum atomic E-state index is 13.3. The van der Waals surface area contributed by atoms with Gasteiger partial charge in [0.15, 0.2) is 5.65 Å². The van der Waals surface area contributed by atoms with Crippen LogP contribution in [-0.2, 0) is 0 Å². The Kier molecular flexibility index (Phi) is 4.48. The van der Waals surface area contributed by atoms with Crippen molar-refractivity contribution in [3.05, 3.63) is 72.5 Å². The number of aliphatic hydroxyl groups excluding tert-OH is 1. The van der Waals surface area contributed by atoms with E-state index in [0.29, 0.717) is 6.54 Å². The van der Waals surface area contributed by atoms with Crippen LogP contribution >= 0.6 is 0 Å². The molecule has 0 bridgehead atoms. The Morgan fingerprint density at radius 1 is 0.931 bits per heavy atom. The third-order valence-electron chi connectivity index (χ3n) is 5.34. The van der Waals surface area contributed by atoms with Gasteiger partial charge in [-0.25, -0.2) is 9.37 Å². The van der Waals surface area contributed by atoms with Crippen LogP contribution in [0.4, 0.5) is 10.2 Å². The molecule has 146 valence electrons. The molecular weight excluding hydrogens is 367 g/mol. The average Bonchev–Trinajstić information content (AvgIpc) is 3.18. The van der Waals surface area contributed by atoms with Crippen molar-refractivity contribution in [2.75, 3.05) is 18.0 Å². The summed E-state index contributed by atoms with van der Waals surface area (Å²) in [7, 11) is 0. The van der Waals surface area contributed by atoms with Gasteiger partial charge >= 0.3 is 0 Å². The van der Waals surface area contributed by atoms with Crippen LogP contribution in [0.15, 0.2) is 66.7 Å². The topological polar surface area (TPSA) is 53.7 Å². The highest BCUT2D eigenvalue weighted by molar-refractivity contribution is 5.71. The number of aromatic nitrogens is 3. The van der Waals surface area contributed by atoms with E-state index in [2.05, 4.69) is 4.90 Å². The summed E-state index contributed by atoms with van der Waals surface area (Å²) in [6.07, 6.45) is 1.40. The van der Waals surface area contributed by atoms with Crippen LogP contribution in [0.2, 0.25) is 0 Å². The lowest BCUT2D eigenvalue weighted by Gasteiger charge is -2.32. The van der Waals surface area contributed by atoms with Crippen LogP contribution in [0.3, 0.4) is 0 Å². The maximum absolute atomic E-state index is 13.3. The van der Waals surface area contributed by atoms with Crippen molar-refractivity contribution >= 4 is 11.5 Å². The molecule has 1 aliphatic rings. The van der Waals surface area contributed by atoms with Crippen LogP contribution in [-0.4, -0.2) is 38.9 Å². The number of rotatable bonds is 3. The van der Waals surface area contributed by atoms with E-state index in [1.807, 2.05) is 47.0 Å². The van der Waals surface area contributed by atoms with Crippen LogP contribution in [0.25, 0.3) is 28.2 Å². The fourth-order valence-corrected chi connectivity index (χ4v) is 3.87. The third-order valence-corrected chi connectivity index (χ3v) is 5.34. The Labute approximate surface area is 168 Å². The molecule has 2 aromatic carbocycles. The van der Waals surface area contributed by atoms with Gasteiger partial charge in [0.1, 0.15) is 11.6 Å². The maximum Gasteiger partial charge on any atom is 0.158 e. The van der Waals surface area contributed by atoms with Gasteiger partial charge in [-0.1, -0.05) is 30.3 Å². The molecule has 0 radical (unpaired) electrons. The highest BCUT2D eigenvalue weighted by Gasteiger charge is 2.22. The quantitative estimate of drug-likeness (QED) is 0.573. The number of nitrogens with zero attached hydrogens (tertiary/aromatic N) is 4. The van der Waals surface area contributed by atoms with E-state index in [1.165, 1.54) is 12.1 Å². The number of halogens is 1. The lowest BCUT2D eigenvalue weighted by Crippen LogP contribution is -2.39. The number of anilines is 1. The van der Waals surface area contributed by atoms with Crippen molar-refractivity contribution in [3.8, 4) is 22.5 Å². The van der Waals surface area contributed by atoms with Crippen molar-refractivity contribution < 1.29 is 9.50 Å². The third kappa shape index (κ3) is 3.47. The first-order chi connectivity index (χ1) is 14.2. The number of hydrogen-bond acceptors (Lipinski definition) is 4. The summed E-state index contributed by atoms with van der Waals surface area (Å²) in [5.41, 5.74) is 4.18. The summed E-state index contributed by atoms with van der Waals surface area (Å²) in [5, 5.41) is 14.9. The molecule has 4 aromatic rings. The Morgan fingerprint density at radius 2 is 1.69 bits per heavy atom. The van der Waals surface area contributed by atoms with Gasteiger partial charge in [0.05, 0.1) is 17.5 Å². The Balaban J connectivity index is 1.67. The number of hydrogen-bond donors (Lipinski definition) is 1. The summed E-state index contributed by atoms with van der Waals surface area (Å²) in [6.45, 7) is 1.43. The minimum absolute atomic E-state index is 0.273. The highest BCUT2D eigenvalue weighted by Crippen LogP contribution is 2.29. The number of β-amino-alcohol motifs (C(OH)–C–C–N with tert-alkyl or cyclic N) is 1. The normalized spacial score (nSPS) is 17.0. The molecule has 0 unspecified atom stereocenters. The Morgan fingerprint density at radius 3 is 2.45 bits per heavy atom. The molecule has 1 atom stereocenters. The lowest BCUT2D eigenvalue weighted by molar-refractivity contribution is 0.153. The zero-order valence-corrected chi connectivity index (χ0v) is 15.9. The van der Waals surface area contributed by atoms with Crippen molar-refractivity contribution in [1.82, 2.24) is 14.6 Å². The van der Waals surface area contributed by atoms with Crippen LogP contribution < -0.4 is 4.90 Å². The fourth-order valence-electron chi connectivity index (χ4n) is 3.87. The predicted octanol–water partition coefficient (Wildman–Crippen LogP) is 4.16. The minimum atomic E-state index is -0.348. The van der Waals surface area contributed by atoms with Crippen molar-refractivity contribution in [3.63, 3.8) is 0 Å². The second-order valence-electron chi connectivity index (χ2n) is 7.41. The Bertz CT molecular complexity index is 1140. The largest absolute Gasteiger partial charge is 0.391 e. The van der Waals surface area contributed by atoms with Crippen LogP contribution in [0.1, 0.15) is 12.8 Å². The second-order valence-corrected chi connectivity index (χ2v) is 7.41. The standard InChI is InChI=1S/C23H21FN4O/c24-18-10-8-17(9-11-18)21-13-22-25-20(16-5-2-1-3-6-16)14-23(28(22)26-21)27-12-4-7-19(29)15-27/h1-3,5-6,8-11,13-14,19,29H,4,7,12,15H2/t19-/m1/s1. The molecule has 5 rings (SSSR count). The van der Waals surface area contributed by atoms with E-state index < -0.39 is 0 Å². The van der Waals surface area contributed by atoms with Gasteiger partial charge < -0.3 is 10.0 Å². The Hall–Kier alpha value is -3.25. The van der Waals surface area contributed by atoms with E-state index in [1.54, 1.807) is 12.1 Å². The minimum Gasteiger partial charge on any atom is -0.391 e. The van der Waals surface area contributed by atoms with Gasteiger partial charge in [-0.05, 0) is 37.1 Å². The first-order valence-electron chi connectivity index (χ1n) is 9.82. The molecule has 6 heteroatoms. The summed E-state index contributed by atoms with van der Waals surface area (Å²) >= 11 is 0. The van der Waals surface area contributed by atoms with Gasteiger partial charge in [0.2, 0.25) is 0 Å². The van der Waals surface area contributed by atoms with Gasteiger partial charge in [-0.2, -0.15) is 9.61 Å². The zero-order valence-electron chi connectivity index (χ0n) is 15.9. The number of piperidine rings is 1. The smallest absolute Gasteiger partial charge is 0.158 e. The molecule has 1 saturated heterocycles. The van der Waals surface area contributed by atoms with Gasteiger partial charge in [0, 0.05) is 36.3 Å². The van der Waals surface area contributed by atoms with E-state index >= 15 is 0 Å². The van der Waals surface area contributed by atoms with Gasteiger partial charge in [-0.3, -0.25) is 0 Å². The molecular formula is C23H21FN4O. The molecule has 29 heavy (non-hydrogen) atoms. The monoisotopic (exact) mass is 388 g/mol. The molecule has 5 nitrogen and oxygen atoms in total. The number of fused-ring (bicyclic) bond motifs is 1. The van der Waals surface area contributed by atoms with Crippen LogP contribution in [0.5, 0.6) is 0 Å². The molecule has 0 spiro atoms. The van der Waals surface area contributed by atoms with E-state index in [-0.39, 0.29) is 11.9 Å². The van der Waals surface area contributed by atoms with E-state index in [9.17, 15) is 9.50 Å². The molecule has 1 fully saturated rings. The molecule has 0 aliphatic carbocycles. The molecule has 1 N–H and O–H groups in total. The summed E-state index contributed by atoms with van der Waals surface area (Å²) in [4.78, 5) is 6.98. The fraction of sp³-hybridized carbons (Fsp3) is 0.217. The predicted molar refractivity (Wildman–Crippen MR) is 111 cm³/mol. The van der Waals surface area contributed by atoms with Gasteiger partial charge in [0.25, 0.3) is 0 Å². The molecule has 0 saturated carbocycles. The highest BCUT2D eigenvalue weighted by atomic mass is 19.1. The van der Waals surface area contributed by atoms with E-state index in [0.717, 1.165) is 53.4 Å². The molecule has 2 aromatic heterocycles. The first-order valence-corrected chi connectivity index (χ1v) is 9.82. The summed E-state index contributed by atoms with van der Waals surface area (Å²) in [5.74, 6) is 0.631. The number of aliphatic hydroxyl groups is 1. The van der Waals surface area contributed by atoms with Gasteiger partial charge in [-0.15, -0.1) is 0 Å². The van der Waals surface area contributed by atoms with Crippen LogP contribution in [0, 0.1) is 5.82 Å². The second kappa shape index (κ2) is 7.29. The van der Waals surface area contributed by atoms with E-state index in [4.69, 9.17) is 10.1 Å². The average molecular weight is 388 g/mol. The lowest BCUT2D eigenvalue weighted by atomic mass is 10.1. The van der Waals surface area contributed by atoms with Crippen molar-refractivity contribution in [1.29, 1.82) is 0 Å². The zero-order chi connectivity index (χ0) is 19.8. The van der Waals surface area contributed by atoms with Crippen molar-refractivity contribution in [2.45, 2.75) is 18.9 Å². The summed E-state index contributed by atoms with van der Waals surface area (Å²) < 4.78 is 15.1. The SMILES string of the molecule is O[C@@H]1CCCN(c2cc(-c3ccccc3)nc3cc(-c4ccc(F)cc4)nn23)C1. The summed E-state index contributed by atoms with van der Waals surface area (Å²) in [6, 6.07) is 20.3. The number of benzene rings is 2. The molecule has 3 heterocycles. The van der Waals surface area contributed by atoms with Crippen molar-refractivity contribution in [2.24, 2.45) is 0 Å². The molecule has 1 aliphatic heterocycles. The first kappa shape index (κ1) is 17.8.